The summed E-state index contributed by atoms with van der Waals surface area (Å²) in [4.78, 5) is 17.2. The number of rotatable bonds is 5. The molecule has 3 rings (SSSR count). The van der Waals surface area contributed by atoms with Gasteiger partial charge in [-0.25, -0.2) is 4.39 Å². The van der Waals surface area contributed by atoms with Crippen LogP contribution in [0.1, 0.15) is 38.2 Å². The molecule has 0 spiro atoms. The number of piperidine rings is 2. The summed E-state index contributed by atoms with van der Waals surface area (Å²) >= 11 is 0. The normalized spacial score (nSPS) is 22.6. The lowest BCUT2D eigenvalue weighted by atomic mass is 9.90. The number of likely N-dealkylation sites (tertiary alicyclic amines) is 2. The summed E-state index contributed by atoms with van der Waals surface area (Å²) in [6.45, 7) is 7.35. The molecule has 0 bridgehead atoms. The Hall–Kier alpha value is -1.46. The van der Waals surface area contributed by atoms with Crippen molar-refractivity contribution in [1.29, 1.82) is 0 Å². The zero-order valence-electron chi connectivity index (χ0n) is 15.2. The molecule has 0 unspecified atom stereocenters. The Kier molecular flexibility index (Phi) is 6.07. The third kappa shape index (κ3) is 4.59. The molecule has 138 valence electrons. The molecular formula is C20H30FN3O. The maximum atomic E-state index is 15.1. The largest absolute Gasteiger partial charge is 0.349 e. The van der Waals surface area contributed by atoms with Gasteiger partial charge in [0.2, 0.25) is 0 Å². The molecule has 0 atom stereocenters. The van der Waals surface area contributed by atoms with E-state index < -0.39 is 11.6 Å². The van der Waals surface area contributed by atoms with E-state index in [0.29, 0.717) is 38.5 Å². The number of benzene rings is 1. The van der Waals surface area contributed by atoms with Gasteiger partial charge in [0.1, 0.15) is 0 Å². The van der Waals surface area contributed by atoms with Crippen LogP contribution in [0, 0.1) is 0 Å². The van der Waals surface area contributed by atoms with E-state index in [9.17, 15) is 4.79 Å². The van der Waals surface area contributed by atoms with Crippen molar-refractivity contribution in [2.45, 2.75) is 50.9 Å². The molecular weight excluding hydrogens is 317 g/mol. The van der Waals surface area contributed by atoms with Crippen LogP contribution in [0.2, 0.25) is 0 Å². The fourth-order valence-electron chi connectivity index (χ4n) is 4.01. The minimum Gasteiger partial charge on any atom is -0.349 e. The van der Waals surface area contributed by atoms with Crippen molar-refractivity contribution in [2.75, 3.05) is 32.7 Å². The van der Waals surface area contributed by atoms with Crippen LogP contribution in [0.3, 0.4) is 0 Å². The van der Waals surface area contributed by atoms with E-state index in [-0.39, 0.29) is 0 Å². The van der Waals surface area contributed by atoms with Crippen LogP contribution >= 0.6 is 0 Å². The number of carbonyl (C=O) groups is 1. The molecule has 4 nitrogen and oxygen atoms in total. The Morgan fingerprint density at radius 2 is 1.80 bits per heavy atom. The minimum absolute atomic E-state index is 0.307. The van der Waals surface area contributed by atoms with E-state index in [4.69, 9.17) is 0 Å². The molecule has 2 heterocycles. The molecule has 0 radical (unpaired) electrons. The minimum atomic E-state index is -1.71. The number of hydrogen-bond donors (Lipinski definition) is 1. The number of hydrogen-bond acceptors (Lipinski definition) is 3. The zero-order valence-corrected chi connectivity index (χ0v) is 15.2. The van der Waals surface area contributed by atoms with Gasteiger partial charge < -0.3 is 15.1 Å². The standard InChI is InChI=1S/C20H30FN3O/c1-2-23-12-8-18(9-13-23)24-14-10-20(21,11-15-24)19(25)22-16-17-6-4-3-5-7-17/h3-7,18H,2,8-16H2,1H3,(H,22,25). The SMILES string of the molecule is CCN1CCC(N2CCC(F)(C(=O)NCc3ccccc3)CC2)CC1. The van der Waals surface area contributed by atoms with Crippen molar-refractivity contribution in [1.82, 2.24) is 15.1 Å². The second-order valence-electron chi connectivity index (χ2n) is 7.33. The monoisotopic (exact) mass is 347 g/mol. The molecule has 1 amide bonds. The van der Waals surface area contributed by atoms with Gasteiger partial charge in [0, 0.05) is 38.5 Å². The van der Waals surface area contributed by atoms with Crippen LogP contribution in [-0.2, 0) is 11.3 Å². The molecule has 1 aromatic rings. The van der Waals surface area contributed by atoms with Gasteiger partial charge in [-0.2, -0.15) is 0 Å². The summed E-state index contributed by atoms with van der Waals surface area (Å²) < 4.78 is 15.1. The quantitative estimate of drug-likeness (QED) is 0.889. The molecule has 1 N–H and O–H groups in total. The van der Waals surface area contributed by atoms with Gasteiger partial charge in [-0.05, 0) is 38.0 Å². The highest BCUT2D eigenvalue weighted by atomic mass is 19.1. The predicted molar refractivity (Wildman–Crippen MR) is 98.1 cm³/mol. The van der Waals surface area contributed by atoms with E-state index in [0.717, 1.165) is 38.0 Å². The molecule has 2 aliphatic heterocycles. The van der Waals surface area contributed by atoms with Gasteiger partial charge in [0.25, 0.3) is 5.91 Å². The maximum Gasteiger partial charge on any atom is 0.258 e. The number of nitrogens with zero attached hydrogens (tertiary/aromatic N) is 2. The van der Waals surface area contributed by atoms with Crippen LogP contribution in [0.5, 0.6) is 0 Å². The summed E-state index contributed by atoms with van der Waals surface area (Å²) in [6.07, 6.45) is 2.93. The van der Waals surface area contributed by atoms with Crippen molar-refractivity contribution < 1.29 is 9.18 Å². The van der Waals surface area contributed by atoms with E-state index in [1.165, 1.54) is 0 Å². The first-order valence-electron chi connectivity index (χ1n) is 9.58. The molecule has 25 heavy (non-hydrogen) atoms. The fourth-order valence-corrected chi connectivity index (χ4v) is 4.01. The second kappa shape index (κ2) is 8.28. The van der Waals surface area contributed by atoms with Gasteiger partial charge in [0.05, 0.1) is 0 Å². The Bertz CT molecular complexity index is 549. The van der Waals surface area contributed by atoms with E-state index >= 15 is 4.39 Å². The average molecular weight is 347 g/mol. The first-order chi connectivity index (χ1) is 12.1. The summed E-state index contributed by atoms with van der Waals surface area (Å²) in [5, 5.41) is 2.78. The number of carbonyl (C=O) groups excluding carboxylic acids is 1. The molecule has 2 saturated heterocycles. The van der Waals surface area contributed by atoms with Gasteiger partial charge in [-0.3, -0.25) is 4.79 Å². The highest BCUT2D eigenvalue weighted by Gasteiger charge is 2.42. The van der Waals surface area contributed by atoms with Gasteiger partial charge in [-0.15, -0.1) is 0 Å². The van der Waals surface area contributed by atoms with Crippen molar-refractivity contribution in [3.63, 3.8) is 0 Å². The summed E-state index contributed by atoms with van der Waals surface area (Å²) in [7, 11) is 0. The van der Waals surface area contributed by atoms with E-state index in [1.807, 2.05) is 30.3 Å². The number of halogens is 1. The van der Waals surface area contributed by atoms with E-state index in [1.54, 1.807) is 0 Å². The first kappa shape index (κ1) is 18.3. The topological polar surface area (TPSA) is 35.6 Å². The third-order valence-corrected chi connectivity index (χ3v) is 5.81. The van der Waals surface area contributed by atoms with Crippen LogP contribution < -0.4 is 5.32 Å². The van der Waals surface area contributed by atoms with Crippen molar-refractivity contribution in [3.8, 4) is 0 Å². The van der Waals surface area contributed by atoms with Crippen LogP contribution in [0.4, 0.5) is 4.39 Å². The average Bonchev–Trinajstić information content (AvgIpc) is 2.67. The molecule has 2 aliphatic rings. The van der Waals surface area contributed by atoms with Crippen LogP contribution in [0.25, 0.3) is 0 Å². The molecule has 2 fully saturated rings. The Morgan fingerprint density at radius 3 is 2.40 bits per heavy atom. The van der Waals surface area contributed by atoms with Crippen molar-refractivity contribution in [3.05, 3.63) is 35.9 Å². The summed E-state index contributed by atoms with van der Waals surface area (Å²) in [5.74, 6) is -0.447. The molecule has 0 aromatic heterocycles. The Labute approximate surface area is 150 Å². The van der Waals surface area contributed by atoms with Gasteiger partial charge >= 0.3 is 0 Å². The summed E-state index contributed by atoms with van der Waals surface area (Å²) in [6, 6.07) is 10.2. The zero-order chi connectivity index (χ0) is 17.7. The highest BCUT2D eigenvalue weighted by Crippen LogP contribution is 2.30. The molecule has 0 saturated carbocycles. The molecule has 1 aromatic carbocycles. The second-order valence-corrected chi connectivity index (χ2v) is 7.33. The first-order valence-corrected chi connectivity index (χ1v) is 9.58. The molecule has 0 aliphatic carbocycles. The number of amides is 1. The Morgan fingerprint density at radius 1 is 1.16 bits per heavy atom. The van der Waals surface area contributed by atoms with Crippen molar-refractivity contribution in [2.24, 2.45) is 0 Å². The molecule has 5 heteroatoms. The lowest BCUT2D eigenvalue weighted by Crippen LogP contribution is -2.54. The van der Waals surface area contributed by atoms with Crippen molar-refractivity contribution >= 4 is 5.91 Å². The van der Waals surface area contributed by atoms with E-state index in [2.05, 4.69) is 22.0 Å². The smallest absolute Gasteiger partial charge is 0.258 e. The van der Waals surface area contributed by atoms with Crippen LogP contribution in [0.15, 0.2) is 30.3 Å². The fraction of sp³-hybridized carbons (Fsp3) is 0.650. The van der Waals surface area contributed by atoms with Gasteiger partial charge in [-0.1, -0.05) is 37.3 Å². The predicted octanol–water partition coefficient (Wildman–Crippen LogP) is 2.59. The summed E-state index contributed by atoms with van der Waals surface area (Å²) in [5.41, 5.74) is -0.713. The lowest BCUT2D eigenvalue weighted by Gasteiger charge is -2.42. The number of nitrogens with one attached hydrogen (secondary N) is 1. The Balaban J connectivity index is 1.46. The third-order valence-electron chi connectivity index (χ3n) is 5.81. The van der Waals surface area contributed by atoms with Gasteiger partial charge in [0.15, 0.2) is 5.67 Å². The lowest BCUT2D eigenvalue weighted by molar-refractivity contribution is -0.136. The van der Waals surface area contributed by atoms with Crippen LogP contribution in [-0.4, -0.2) is 60.1 Å². The maximum absolute atomic E-state index is 15.1. The highest BCUT2D eigenvalue weighted by molar-refractivity contribution is 5.85. The number of alkyl halides is 1.